The smallest absolute Gasteiger partial charge is 0.308 e. The standard InChI is InChI=1S/C14H11BrN2O4/c15-10-3-1-8(2-4-10)11-6-13(21-16-11)17-7-9(14(19)20)5-12(17)18/h1-4,6,9H,5,7H2,(H,19,20). The zero-order valence-electron chi connectivity index (χ0n) is 10.8. The normalized spacial score (nSPS) is 18.2. The number of carboxylic acid groups (broad SMARTS) is 1. The Bertz CT molecular complexity index is 695. The number of nitrogens with zero attached hydrogens (tertiary/aromatic N) is 2. The summed E-state index contributed by atoms with van der Waals surface area (Å²) in [7, 11) is 0. The number of anilines is 1. The predicted octanol–water partition coefficient (Wildman–Crippen LogP) is 2.54. The van der Waals surface area contributed by atoms with Gasteiger partial charge in [-0.1, -0.05) is 33.2 Å². The van der Waals surface area contributed by atoms with Gasteiger partial charge in [0, 0.05) is 29.1 Å². The summed E-state index contributed by atoms with van der Waals surface area (Å²) in [6.07, 6.45) is -0.0103. The first-order valence-corrected chi connectivity index (χ1v) is 7.10. The van der Waals surface area contributed by atoms with E-state index in [1.807, 2.05) is 24.3 Å². The second-order valence-electron chi connectivity index (χ2n) is 4.80. The zero-order chi connectivity index (χ0) is 15.0. The molecule has 1 aromatic heterocycles. The maximum absolute atomic E-state index is 11.8. The van der Waals surface area contributed by atoms with E-state index in [4.69, 9.17) is 9.63 Å². The van der Waals surface area contributed by atoms with Crippen molar-refractivity contribution in [1.82, 2.24) is 5.16 Å². The first-order valence-electron chi connectivity index (χ1n) is 6.30. The van der Waals surface area contributed by atoms with E-state index in [-0.39, 0.29) is 24.8 Å². The topological polar surface area (TPSA) is 83.6 Å². The molecule has 0 radical (unpaired) electrons. The number of rotatable bonds is 3. The van der Waals surface area contributed by atoms with E-state index in [1.54, 1.807) is 6.07 Å². The number of carboxylic acids is 1. The molecule has 1 N–H and O–H groups in total. The number of carbonyl (C=O) groups excluding carboxylic acids is 1. The predicted molar refractivity (Wildman–Crippen MR) is 77.7 cm³/mol. The number of aliphatic carboxylic acids is 1. The molecule has 7 heteroatoms. The quantitative estimate of drug-likeness (QED) is 0.919. The lowest BCUT2D eigenvalue weighted by atomic mass is 10.1. The van der Waals surface area contributed by atoms with Gasteiger partial charge in [0.2, 0.25) is 11.8 Å². The highest BCUT2D eigenvalue weighted by Gasteiger charge is 2.36. The van der Waals surface area contributed by atoms with E-state index in [9.17, 15) is 9.59 Å². The number of aromatic nitrogens is 1. The number of amides is 1. The van der Waals surface area contributed by atoms with Crippen molar-refractivity contribution in [3.05, 3.63) is 34.8 Å². The molecular weight excluding hydrogens is 340 g/mol. The molecule has 1 saturated heterocycles. The Morgan fingerprint density at radius 3 is 2.71 bits per heavy atom. The van der Waals surface area contributed by atoms with Gasteiger partial charge in [0.25, 0.3) is 0 Å². The molecule has 2 aromatic rings. The highest BCUT2D eigenvalue weighted by atomic mass is 79.9. The van der Waals surface area contributed by atoms with E-state index in [0.717, 1.165) is 10.0 Å². The second kappa shape index (κ2) is 5.33. The van der Waals surface area contributed by atoms with Crippen LogP contribution in [-0.4, -0.2) is 28.7 Å². The summed E-state index contributed by atoms with van der Waals surface area (Å²) in [6, 6.07) is 9.15. The fraction of sp³-hybridized carbons (Fsp3) is 0.214. The van der Waals surface area contributed by atoms with E-state index in [1.165, 1.54) is 4.90 Å². The summed E-state index contributed by atoms with van der Waals surface area (Å²) in [5.74, 6) is -1.65. The molecule has 1 aromatic carbocycles. The first kappa shape index (κ1) is 13.8. The van der Waals surface area contributed by atoms with Crippen LogP contribution < -0.4 is 4.90 Å². The van der Waals surface area contributed by atoms with Gasteiger partial charge in [-0.3, -0.25) is 14.5 Å². The van der Waals surface area contributed by atoms with Gasteiger partial charge in [0.05, 0.1) is 5.92 Å². The van der Waals surface area contributed by atoms with Crippen molar-refractivity contribution in [3.8, 4) is 11.3 Å². The molecule has 1 unspecified atom stereocenters. The lowest BCUT2D eigenvalue weighted by Crippen LogP contribution is -2.25. The molecule has 2 heterocycles. The monoisotopic (exact) mass is 350 g/mol. The Kier molecular flexibility index (Phi) is 3.50. The Hall–Kier alpha value is -2.15. The number of halogens is 1. The third-order valence-corrected chi connectivity index (χ3v) is 3.91. The Morgan fingerprint density at radius 1 is 1.38 bits per heavy atom. The molecule has 108 valence electrons. The number of hydrogen-bond donors (Lipinski definition) is 1. The van der Waals surface area contributed by atoms with Crippen molar-refractivity contribution in [2.45, 2.75) is 6.42 Å². The van der Waals surface area contributed by atoms with Gasteiger partial charge in [0.1, 0.15) is 5.69 Å². The maximum Gasteiger partial charge on any atom is 0.308 e. The van der Waals surface area contributed by atoms with E-state index in [0.29, 0.717) is 5.69 Å². The van der Waals surface area contributed by atoms with Crippen molar-refractivity contribution in [3.63, 3.8) is 0 Å². The fourth-order valence-corrected chi connectivity index (χ4v) is 2.50. The molecule has 1 fully saturated rings. The van der Waals surface area contributed by atoms with E-state index < -0.39 is 11.9 Å². The van der Waals surface area contributed by atoms with Gasteiger partial charge >= 0.3 is 5.97 Å². The largest absolute Gasteiger partial charge is 0.481 e. The molecule has 21 heavy (non-hydrogen) atoms. The van der Waals surface area contributed by atoms with Gasteiger partial charge in [-0.05, 0) is 12.1 Å². The summed E-state index contributed by atoms with van der Waals surface area (Å²) in [4.78, 5) is 24.1. The highest BCUT2D eigenvalue weighted by molar-refractivity contribution is 9.10. The van der Waals surface area contributed by atoms with Crippen LogP contribution >= 0.6 is 15.9 Å². The van der Waals surface area contributed by atoms with Crippen LogP contribution in [0.25, 0.3) is 11.3 Å². The van der Waals surface area contributed by atoms with Gasteiger partial charge in [-0.25, -0.2) is 0 Å². The molecule has 1 atom stereocenters. The SMILES string of the molecule is O=C(O)C1CC(=O)N(c2cc(-c3ccc(Br)cc3)no2)C1. The molecule has 1 aliphatic heterocycles. The van der Waals surface area contributed by atoms with Crippen molar-refractivity contribution in [1.29, 1.82) is 0 Å². The molecule has 1 amide bonds. The van der Waals surface area contributed by atoms with Crippen molar-refractivity contribution in [2.75, 3.05) is 11.4 Å². The molecule has 6 nitrogen and oxygen atoms in total. The average molecular weight is 351 g/mol. The summed E-state index contributed by atoms with van der Waals surface area (Å²) >= 11 is 3.35. The summed E-state index contributed by atoms with van der Waals surface area (Å²) in [5, 5.41) is 12.9. The Balaban J connectivity index is 1.84. The van der Waals surface area contributed by atoms with Crippen LogP contribution in [0.3, 0.4) is 0 Å². The summed E-state index contributed by atoms with van der Waals surface area (Å²) in [6.45, 7) is 0.114. The van der Waals surface area contributed by atoms with Crippen LogP contribution in [0.15, 0.2) is 39.3 Å². The third kappa shape index (κ3) is 2.69. The van der Waals surface area contributed by atoms with Crippen LogP contribution in [0.4, 0.5) is 5.88 Å². The fourth-order valence-electron chi connectivity index (χ4n) is 2.24. The van der Waals surface area contributed by atoms with Gasteiger partial charge in [0.15, 0.2) is 0 Å². The molecule has 1 aliphatic rings. The van der Waals surface area contributed by atoms with Crippen LogP contribution in [0.1, 0.15) is 6.42 Å². The van der Waals surface area contributed by atoms with Crippen molar-refractivity contribution < 1.29 is 19.2 Å². The minimum atomic E-state index is -0.974. The van der Waals surface area contributed by atoms with Gasteiger partial charge in [-0.15, -0.1) is 0 Å². The van der Waals surface area contributed by atoms with Crippen LogP contribution in [-0.2, 0) is 9.59 Å². The van der Waals surface area contributed by atoms with Gasteiger partial charge in [-0.2, -0.15) is 0 Å². The zero-order valence-corrected chi connectivity index (χ0v) is 12.4. The van der Waals surface area contributed by atoms with E-state index in [2.05, 4.69) is 21.1 Å². The number of hydrogen-bond acceptors (Lipinski definition) is 4. The first-order chi connectivity index (χ1) is 10.0. The van der Waals surface area contributed by atoms with Crippen LogP contribution in [0, 0.1) is 5.92 Å². The molecule has 0 bridgehead atoms. The second-order valence-corrected chi connectivity index (χ2v) is 5.72. The van der Waals surface area contributed by atoms with Crippen molar-refractivity contribution in [2.24, 2.45) is 5.92 Å². The van der Waals surface area contributed by atoms with Crippen LogP contribution in [0.5, 0.6) is 0 Å². The summed E-state index contributed by atoms with van der Waals surface area (Å²) < 4.78 is 6.13. The number of carbonyl (C=O) groups is 2. The number of benzene rings is 1. The molecule has 0 saturated carbocycles. The highest BCUT2D eigenvalue weighted by Crippen LogP contribution is 2.29. The molecule has 3 rings (SSSR count). The maximum atomic E-state index is 11.8. The Morgan fingerprint density at radius 2 is 2.10 bits per heavy atom. The molecular formula is C14H11BrN2O4. The Labute approximate surface area is 128 Å². The van der Waals surface area contributed by atoms with Gasteiger partial charge < -0.3 is 9.63 Å². The third-order valence-electron chi connectivity index (χ3n) is 3.38. The molecule has 0 spiro atoms. The minimum absolute atomic E-state index is 0.0103. The molecule has 0 aliphatic carbocycles. The van der Waals surface area contributed by atoms with Crippen LogP contribution in [0.2, 0.25) is 0 Å². The lowest BCUT2D eigenvalue weighted by Gasteiger charge is -2.10. The minimum Gasteiger partial charge on any atom is -0.481 e. The van der Waals surface area contributed by atoms with Crippen molar-refractivity contribution >= 4 is 33.7 Å². The summed E-state index contributed by atoms with van der Waals surface area (Å²) in [5.41, 5.74) is 1.46. The van der Waals surface area contributed by atoms with E-state index >= 15 is 0 Å². The lowest BCUT2D eigenvalue weighted by molar-refractivity contribution is -0.141. The average Bonchev–Trinajstić information content (AvgIpc) is 3.06.